The van der Waals surface area contributed by atoms with Crippen molar-refractivity contribution in [3.8, 4) is 0 Å². The molecule has 1 amide bonds. The van der Waals surface area contributed by atoms with E-state index < -0.39 is 0 Å². The molecule has 0 aliphatic rings. The van der Waals surface area contributed by atoms with Crippen LogP contribution in [0.3, 0.4) is 0 Å². The number of para-hydroxylation sites is 1. The second kappa shape index (κ2) is 11.9. The van der Waals surface area contributed by atoms with Crippen LogP contribution < -0.4 is 15.8 Å². The minimum absolute atomic E-state index is 0.0965. The zero-order valence-electron chi connectivity index (χ0n) is 19.7. The second-order valence-corrected chi connectivity index (χ2v) is 8.92. The SMILES string of the molecule is CCN(c1ccc(NC(=O)CSc2nc3ccccc3c(=O)n2CCCOC)cc1)C(C)C. The molecule has 0 fully saturated rings. The molecule has 0 saturated carbocycles. The quantitative estimate of drug-likeness (QED) is 0.255. The van der Waals surface area contributed by atoms with Crippen molar-refractivity contribution >= 4 is 39.9 Å². The number of nitrogens with one attached hydrogen (secondary N) is 1. The lowest BCUT2D eigenvalue weighted by Gasteiger charge is -2.27. The van der Waals surface area contributed by atoms with Crippen molar-refractivity contribution in [3.05, 3.63) is 58.9 Å². The van der Waals surface area contributed by atoms with E-state index in [0.717, 1.165) is 17.9 Å². The van der Waals surface area contributed by atoms with Crippen LogP contribution in [0.5, 0.6) is 0 Å². The van der Waals surface area contributed by atoms with Gasteiger partial charge in [-0.3, -0.25) is 14.2 Å². The van der Waals surface area contributed by atoms with E-state index in [2.05, 4.69) is 36.0 Å². The van der Waals surface area contributed by atoms with E-state index >= 15 is 0 Å². The number of benzene rings is 2. The number of amides is 1. The fourth-order valence-corrected chi connectivity index (χ4v) is 4.56. The summed E-state index contributed by atoms with van der Waals surface area (Å²) < 4.78 is 6.77. The summed E-state index contributed by atoms with van der Waals surface area (Å²) in [7, 11) is 1.64. The first-order valence-electron chi connectivity index (χ1n) is 11.2. The van der Waals surface area contributed by atoms with Gasteiger partial charge in [-0.15, -0.1) is 0 Å². The molecule has 0 saturated heterocycles. The average Bonchev–Trinajstić information content (AvgIpc) is 2.81. The zero-order chi connectivity index (χ0) is 23.8. The predicted octanol–water partition coefficient (Wildman–Crippen LogP) is 4.40. The molecule has 1 heterocycles. The molecule has 0 radical (unpaired) electrons. The number of aromatic nitrogens is 2. The number of methoxy groups -OCH3 is 1. The van der Waals surface area contributed by atoms with Gasteiger partial charge in [0.05, 0.1) is 16.7 Å². The smallest absolute Gasteiger partial charge is 0.262 e. The first-order chi connectivity index (χ1) is 15.9. The Morgan fingerprint density at radius 1 is 1.18 bits per heavy atom. The van der Waals surface area contributed by atoms with E-state index in [1.807, 2.05) is 42.5 Å². The standard InChI is InChI=1S/C25H32N4O3S/c1-5-28(18(2)3)20-13-11-19(12-14-20)26-23(30)17-33-25-27-22-10-7-6-9-21(22)24(31)29(25)15-8-16-32-4/h6-7,9-14,18H,5,8,15-17H2,1-4H3,(H,26,30). The largest absolute Gasteiger partial charge is 0.385 e. The third-order valence-electron chi connectivity index (χ3n) is 5.34. The van der Waals surface area contributed by atoms with E-state index in [1.54, 1.807) is 17.7 Å². The van der Waals surface area contributed by atoms with Gasteiger partial charge in [0.25, 0.3) is 5.56 Å². The Balaban J connectivity index is 1.71. The third kappa shape index (κ3) is 6.36. The fraction of sp³-hybridized carbons (Fsp3) is 0.400. The van der Waals surface area contributed by atoms with E-state index in [9.17, 15) is 9.59 Å². The summed E-state index contributed by atoms with van der Waals surface area (Å²) in [5, 5.41) is 4.05. The van der Waals surface area contributed by atoms with Crippen molar-refractivity contribution < 1.29 is 9.53 Å². The van der Waals surface area contributed by atoms with Gasteiger partial charge in [-0.05, 0) is 63.6 Å². The molecule has 3 aromatic rings. The zero-order valence-corrected chi connectivity index (χ0v) is 20.5. The molecule has 0 aliphatic carbocycles. The van der Waals surface area contributed by atoms with E-state index in [4.69, 9.17) is 4.74 Å². The van der Waals surface area contributed by atoms with Gasteiger partial charge in [0.2, 0.25) is 5.91 Å². The van der Waals surface area contributed by atoms with Crippen molar-refractivity contribution in [3.63, 3.8) is 0 Å². The highest BCUT2D eigenvalue weighted by molar-refractivity contribution is 7.99. The molecular formula is C25H32N4O3S. The Morgan fingerprint density at radius 2 is 1.91 bits per heavy atom. The molecule has 0 bridgehead atoms. The number of hydrogen-bond donors (Lipinski definition) is 1. The second-order valence-electron chi connectivity index (χ2n) is 7.98. The van der Waals surface area contributed by atoms with Gasteiger partial charge in [-0.2, -0.15) is 0 Å². The Morgan fingerprint density at radius 3 is 2.58 bits per heavy atom. The lowest BCUT2D eigenvalue weighted by Crippen LogP contribution is -2.30. The van der Waals surface area contributed by atoms with Crippen LogP contribution >= 0.6 is 11.8 Å². The average molecular weight is 469 g/mol. The fourth-order valence-electron chi connectivity index (χ4n) is 3.73. The van der Waals surface area contributed by atoms with Crippen LogP contribution in [-0.2, 0) is 16.1 Å². The highest BCUT2D eigenvalue weighted by Gasteiger charge is 2.14. The van der Waals surface area contributed by atoms with Crippen molar-refractivity contribution in [2.45, 2.75) is 44.9 Å². The van der Waals surface area contributed by atoms with Crippen LogP contribution in [0.1, 0.15) is 27.2 Å². The maximum absolute atomic E-state index is 13.0. The normalized spacial score (nSPS) is 11.2. The maximum atomic E-state index is 13.0. The lowest BCUT2D eigenvalue weighted by molar-refractivity contribution is -0.113. The Kier molecular flexibility index (Phi) is 8.91. The summed E-state index contributed by atoms with van der Waals surface area (Å²) in [6, 6.07) is 15.6. The molecule has 0 spiro atoms. The molecule has 1 N–H and O–H groups in total. The van der Waals surface area contributed by atoms with Crippen molar-refractivity contribution in [2.24, 2.45) is 0 Å². The number of carbonyl (C=O) groups excluding carboxylic acids is 1. The van der Waals surface area contributed by atoms with Crippen LogP contribution in [0.4, 0.5) is 11.4 Å². The Bertz CT molecular complexity index is 1130. The van der Waals surface area contributed by atoms with Crippen LogP contribution in [0.25, 0.3) is 10.9 Å². The van der Waals surface area contributed by atoms with Crippen LogP contribution in [0.15, 0.2) is 58.5 Å². The predicted molar refractivity (Wildman–Crippen MR) is 136 cm³/mol. The van der Waals surface area contributed by atoms with Gasteiger partial charge < -0.3 is 15.0 Å². The van der Waals surface area contributed by atoms with Crippen molar-refractivity contribution in [1.29, 1.82) is 0 Å². The molecule has 3 rings (SSSR count). The molecule has 0 aliphatic heterocycles. The topological polar surface area (TPSA) is 76.5 Å². The van der Waals surface area contributed by atoms with Gasteiger partial charge in [0.15, 0.2) is 5.16 Å². The Labute approximate surface area is 199 Å². The first kappa shape index (κ1) is 24.8. The summed E-state index contributed by atoms with van der Waals surface area (Å²) in [6.07, 6.45) is 0.688. The van der Waals surface area contributed by atoms with Crippen LogP contribution in [-0.4, -0.2) is 47.5 Å². The summed E-state index contributed by atoms with van der Waals surface area (Å²) in [5.74, 6) is 0.0129. The summed E-state index contributed by atoms with van der Waals surface area (Å²) >= 11 is 1.27. The van der Waals surface area contributed by atoms with Gasteiger partial charge in [0.1, 0.15) is 0 Å². The molecule has 7 nitrogen and oxygen atoms in total. The van der Waals surface area contributed by atoms with Gasteiger partial charge in [0, 0.05) is 44.2 Å². The minimum atomic E-state index is -0.144. The Hall–Kier alpha value is -2.84. The number of thioether (sulfide) groups is 1. The number of ether oxygens (including phenoxy) is 1. The molecule has 0 unspecified atom stereocenters. The number of fused-ring (bicyclic) bond motifs is 1. The lowest BCUT2D eigenvalue weighted by atomic mass is 10.2. The molecular weight excluding hydrogens is 436 g/mol. The third-order valence-corrected chi connectivity index (χ3v) is 6.31. The molecule has 1 aromatic heterocycles. The van der Waals surface area contributed by atoms with Crippen LogP contribution in [0, 0.1) is 0 Å². The summed E-state index contributed by atoms with van der Waals surface area (Å²) in [4.78, 5) is 32.6. The number of anilines is 2. The summed E-state index contributed by atoms with van der Waals surface area (Å²) in [5.41, 5.74) is 2.41. The van der Waals surface area contributed by atoms with E-state index in [0.29, 0.717) is 41.7 Å². The van der Waals surface area contributed by atoms with E-state index in [-0.39, 0.29) is 17.2 Å². The molecule has 176 valence electrons. The number of rotatable bonds is 11. The van der Waals surface area contributed by atoms with Crippen LogP contribution in [0.2, 0.25) is 0 Å². The number of hydrogen-bond acceptors (Lipinski definition) is 6. The molecule has 2 aromatic carbocycles. The molecule has 0 atom stereocenters. The van der Waals surface area contributed by atoms with Gasteiger partial charge in [-0.25, -0.2) is 4.98 Å². The highest BCUT2D eigenvalue weighted by atomic mass is 32.2. The maximum Gasteiger partial charge on any atom is 0.262 e. The first-order valence-corrected chi connectivity index (χ1v) is 12.2. The van der Waals surface area contributed by atoms with E-state index in [1.165, 1.54) is 11.8 Å². The van der Waals surface area contributed by atoms with Crippen molar-refractivity contribution in [1.82, 2.24) is 9.55 Å². The van der Waals surface area contributed by atoms with Crippen molar-refractivity contribution in [2.75, 3.05) is 36.2 Å². The van der Waals surface area contributed by atoms with Gasteiger partial charge in [-0.1, -0.05) is 23.9 Å². The monoisotopic (exact) mass is 468 g/mol. The summed E-state index contributed by atoms with van der Waals surface area (Å²) in [6.45, 7) is 8.40. The molecule has 8 heteroatoms. The molecule has 33 heavy (non-hydrogen) atoms. The highest BCUT2D eigenvalue weighted by Crippen LogP contribution is 2.21. The number of carbonyl (C=O) groups is 1. The minimum Gasteiger partial charge on any atom is -0.385 e. The van der Waals surface area contributed by atoms with Gasteiger partial charge >= 0.3 is 0 Å². The number of nitrogens with zero attached hydrogens (tertiary/aromatic N) is 3.